The molecule has 1 amide bonds. The lowest BCUT2D eigenvalue weighted by Gasteiger charge is -2.08. The van der Waals surface area contributed by atoms with Crippen LogP contribution in [0, 0.1) is 6.92 Å². The van der Waals surface area contributed by atoms with Crippen LogP contribution in [0.3, 0.4) is 0 Å². The molecule has 2 heterocycles. The molecule has 0 bridgehead atoms. The van der Waals surface area contributed by atoms with Crippen LogP contribution >= 0.6 is 0 Å². The van der Waals surface area contributed by atoms with Crippen LogP contribution in [0.4, 0.5) is 0 Å². The number of carbonyl (C=O) groups is 1. The third-order valence-electron chi connectivity index (χ3n) is 5.03. The molecule has 31 heavy (non-hydrogen) atoms. The van der Waals surface area contributed by atoms with Gasteiger partial charge in [0, 0.05) is 13.6 Å². The first kappa shape index (κ1) is 20.6. The fraction of sp³-hybridized carbons (Fsp3) is 0.208. The lowest BCUT2D eigenvalue weighted by molar-refractivity contribution is 0.0950. The lowest BCUT2D eigenvalue weighted by Crippen LogP contribution is -2.25. The third kappa shape index (κ3) is 4.57. The normalized spacial score (nSPS) is 11.0. The minimum absolute atomic E-state index is 0.172. The highest BCUT2D eigenvalue weighted by Gasteiger charge is 2.22. The summed E-state index contributed by atoms with van der Waals surface area (Å²) in [5.41, 5.74) is 3.22. The number of hydrogen-bond donors (Lipinski definition) is 1. The first-order valence-corrected chi connectivity index (χ1v) is 9.95. The fourth-order valence-corrected chi connectivity index (χ4v) is 3.35. The maximum absolute atomic E-state index is 12.8. The Morgan fingerprint density at radius 1 is 1.03 bits per heavy atom. The van der Waals surface area contributed by atoms with Gasteiger partial charge in [0.25, 0.3) is 11.5 Å². The van der Waals surface area contributed by atoms with Crippen molar-refractivity contribution in [1.82, 2.24) is 14.9 Å². The summed E-state index contributed by atoms with van der Waals surface area (Å²) in [5.74, 6) is 0.00540. The Labute approximate surface area is 179 Å². The molecule has 1 N–H and O–H groups in total. The van der Waals surface area contributed by atoms with Crippen molar-refractivity contribution in [2.45, 2.75) is 26.7 Å². The lowest BCUT2D eigenvalue weighted by atomic mass is 10.1. The molecule has 0 saturated heterocycles. The molecule has 0 radical (unpaired) electrons. The highest BCUT2D eigenvalue weighted by Crippen LogP contribution is 2.20. The van der Waals surface area contributed by atoms with Crippen LogP contribution in [0.1, 0.15) is 32.8 Å². The van der Waals surface area contributed by atoms with Crippen LogP contribution in [-0.4, -0.2) is 15.5 Å². The molecular weight excluding hydrogens is 394 g/mol. The fourth-order valence-electron chi connectivity index (χ4n) is 3.35. The van der Waals surface area contributed by atoms with Crippen molar-refractivity contribution in [2.24, 2.45) is 7.05 Å². The van der Waals surface area contributed by atoms with Gasteiger partial charge in [-0.05, 0) is 23.6 Å². The molecule has 4 aromatic rings. The van der Waals surface area contributed by atoms with E-state index in [2.05, 4.69) is 10.3 Å². The zero-order valence-electron chi connectivity index (χ0n) is 17.4. The average Bonchev–Trinajstić information content (AvgIpc) is 3.13. The molecule has 0 aliphatic heterocycles. The Morgan fingerprint density at radius 2 is 1.68 bits per heavy atom. The van der Waals surface area contributed by atoms with Crippen molar-refractivity contribution in [2.75, 3.05) is 0 Å². The minimum atomic E-state index is -0.364. The molecule has 0 spiro atoms. The van der Waals surface area contributed by atoms with Gasteiger partial charge in [0.1, 0.15) is 17.5 Å². The summed E-state index contributed by atoms with van der Waals surface area (Å²) in [6, 6.07) is 17.9. The van der Waals surface area contributed by atoms with Gasteiger partial charge in [0.2, 0.25) is 5.71 Å². The van der Waals surface area contributed by atoms with Crippen LogP contribution in [-0.2, 0) is 31.5 Å². The Bertz CT molecular complexity index is 1260. The van der Waals surface area contributed by atoms with E-state index in [0.717, 1.165) is 16.7 Å². The zero-order chi connectivity index (χ0) is 21.8. The summed E-state index contributed by atoms with van der Waals surface area (Å²) in [4.78, 5) is 29.3. The molecule has 0 aliphatic rings. The van der Waals surface area contributed by atoms with Crippen LogP contribution in [0.5, 0.6) is 0 Å². The molecule has 7 heteroatoms. The molecule has 0 aliphatic carbocycles. The van der Waals surface area contributed by atoms with Crippen LogP contribution in [0.25, 0.3) is 11.1 Å². The van der Waals surface area contributed by atoms with E-state index in [0.29, 0.717) is 25.5 Å². The van der Waals surface area contributed by atoms with Gasteiger partial charge in [-0.3, -0.25) is 9.59 Å². The van der Waals surface area contributed by atoms with Crippen molar-refractivity contribution in [3.8, 4) is 0 Å². The van der Waals surface area contributed by atoms with Gasteiger partial charge in [-0.15, -0.1) is 0 Å². The molecule has 0 unspecified atom stereocenters. The van der Waals surface area contributed by atoms with E-state index in [9.17, 15) is 9.59 Å². The summed E-state index contributed by atoms with van der Waals surface area (Å²) in [6.07, 6.45) is 1.38. The molecule has 4 rings (SSSR count). The topological polar surface area (TPSA) is 86.4 Å². The number of hydrogen-bond acceptors (Lipinski definition) is 5. The van der Waals surface area contributed by atoms with Gasteiger partial charge in [0.15, 0.2) is 0 Å². The quantitative estimate of drug-likeness (QED) is 0.498. The number of aromatic nitrogens is 2. The molecule has 2 aromatic heterocycles. The number of ether oxygens (including phenoxy) is 1. The maximum Gasteiger partial charge on any atom is 0.265 e. The Kier molecular flexibility index (Phi) is 5.95. The number of carbonyl (C=O) groups excluding carboxylic acids is 1. The molecule has 0 atom stereocenters. The van der Waals surface area contributed by atoms with E-state index >= 15 is 0 Å². The number of fused-ring (bicyclic) bond motifs is 1. The third-order valence-corrected chi connectivity index (χ3v) is 5.03. The number of amides is 1. The van der Waals surface area contributed by atoms with Crippen molar-refractivity contribution >= 4 is 17.0 Å². The standard InChI is InChI=1S/C24H23N3O4/c1-16-20(21-23(31-16)26-15-27(2)24(21)29)22(28)25-12-17-8-10-19(11-9-17)14-30-13-18-6-4-3-5-7-18/h3-11,15H,12-14H2,1-2H3,(H,25,28). The smallest absolute Gasteiger partial charge is 0.265 e. The summed E-state index contributed by atoms with van der Waals surface area (Å²) >= 11 is 0. The van der Waals surface area contributed by atoms with E-state index in [1.54, 1.807) is 14.0 Å². The molecular formula is C24H23N3O4. The van der Waals surface area contributed by atoms with Gasteiger partial charge < -0.3 is 19.0 Å². The Balaban J connectivity index is 1.37. The molecule has 2 aromatic carbocycles. The highest BCUT2D eigenvalue weighted by atomic mass is 16.5. The van der Waals surface area contributed by atoms with E-state index in [1.807, 2.05) is 54.6 Å². The van der Waals surface area contributed by atoms with E-state index in [4.69, 9.17) is 9.15 Å². The van der Waals surface area contributed by atoms with Crippen molar-refractivity contribution in [3.63, 3.8) is 0 Å². The summed E-state index contributed by atoms with van der Waals surface area (Å²) in [5, 5.41) is 3.06. The first-order chi connectivity index (χ1) is 15.0. The van der Waals surface area contributed by atoms with Gasteiger partial charge >= 0.3 is 0 Å². The monoisotopic (exact) mass is 417 g/mol. The first-order valence-electron chi connectivity index (χ1n) is 9.95. The van der Waals surface area contributed by atoms with Crippen LogP contribution in [0.15, 0.2) is 70.1 Å². The van der Waals surface area contributed by atoms with Crippen molar-refractivity contribution in [3.05, 3.63) is 99.3 Å². The average molecular weight is 417 g/mol. The van der Waals surface area contributed by atoms with Crippen LogP contribution in [0.2, 0.25) is 0 Å². The second-order valence-electron chi connectivity index (χ2n) is 7.35. The van der Waals surface area contributed by atoms with E-state index < -0.39 is 0 Å². The SMILES string of the molecule is Cc1oc2ncn(C)c(=O)c2c1C(=O)NCc1ccc(COCc2ccccc2)cc1. The van der Waals surface area contributed by atoms with Gasteiger partial charge in [-0.1, -0.05) is 54.6 Å². The molecule has 0 saturated carbocycles. The molecule has 7 nitrogen and oxygen atoms in total. The Hall–Kier alpha value is -3.71. The maximum atomic E-state index is 12.8. The number of aryl methyl sites for hydroxylation is 2. The van der Waals surface area contributed by atoms with Crippen LogP contribution < -0.4 is 10.9 Å². The van der Waals surface area contributed by atoms with Gasteiger partial charge in [-0.2, -0.15) is 0 Å². The second-order valence-corrected chi connectivity index (χ2v) is 7.35. The second kappa shape index (κ2) is 8.97. The predicted molar refractivity (Wildman–Crippen MR) is 117 cm³/mol. The largest absolute Gasteiger partial charge is 0.442 e. The van der Waals surface area contributed by atoms with Gasteiger partial charge in [0.05, 0.1) is 18.8 Å². The summed E-state index contributed by atoms with van der Waals surface area (Å²) in [7, 11) is 1.59. The highest BCUT2D eigenvalue weighted by molar-refractivity contribution is 6.06. The number of nitrogens with one attached hydrogen (secondary N) is 1. The number of benzene rings is 2. The van der Waals surface area contributed by atoms with Gasteiger partial charge in [-0.25, -0.2) is 4.98 Å². The minimum Gasteiger partial charge on any atom is -0.442 e. The predicted octanol–water partition coefficient (Wildman–Crippen LogP) is 3.48. The van der Waals surface area contributed by atoms with Crippen molar-refractivity contribution < 1.29 is 13.9 Å². The summed E-state index contributed by atoms with van der Waals surface area (Å²) in [6.45, 7) is 3.06. The summed E-state index contributed by atoms with van der Waals surface area (Å²) < 4.78 is 12.6. The van der Waals surface area contributed by atoms with E-state index in [-0.39, 0.29) is 28.1 Å². The molecule has 0 fully saturated rings. The van der Waals surface area contributed by atoms with Crippen molar-refractivity contribution in [1.29, 1.82) is 0 Å². The number of rotatable bonds is 7. The number of nitrogens with zero attached hydrogens (tertiary/aromatic N) is 2. The molecule has 158 valence electrons. The Morgan fingerprint density at radius 3 is 2.39 bits per heavy atom. The van der Waals surface area contributed by atoms with E-state index in [1.165, 1.54) is 10.9 Å². The number of furan rings is 1. The zero-order valence-corrected chi connectivity index (χ0v) is 17.4.